The number of nitrogens with zero attached hydrogens (tertiary/aromatic N) is 1. The number of hydrogen-bond donors (Lipinski definition) is 0. The fourth-order valence-corrected chi connectivity index (χ4v) is 2.91. The van der Waals surface area contributed by atoms with Crippen LogP contribution in [0, 0.1) is 0 Å². The molecular weight excluding hydrogens is 270 g/mol. The number of hydrogen-bond acceptors (Lipinski definition) is 1. The highest BCUT2D eigenvalue weighted by molar-refractivity contribution is 5.90. The Hall–Kier alpha value is -2.61. The molecule has 110 valence electrons. The van der Waals surface area contributed by atoms with E-state index >= 15 is 0 Å². The van der Waals surface area contributed by atoms with Crippen molar-refractivity contribution in [1.29, 1.82) is 0 Å². The Balaban J connectivity index is 2.43. The fraction of sp³-hybridized carbons (Fsp3) is 0.150. The summed E-state index contributed by atoms with van der Waals surface area (Å²) in [7, 11) is 0. The minimum absolute atomic E-state index is 0.0302. The molecule has 0 saturated heterocycles. The Labute approximate surface area is 130 Å². The third kappa shape index (κ3) is 2.37. The molecule has 2 heteroatoms. The van der Waals surface area contributed by atoms with Crippen molar-refractivity contribution in [3.8, 4) is 5.69 Å². The largest absolute Gasteiger partial charge is 0.281 e. The van der Waals surface area contributed by atoms with Crippen LogP contribution in [0.1, 0.15) is 24.6 Å². The maximum atomic E-state index is 13.1. The summed E-state index contributed by atoms with van der Waals surface area (Å²) in [4.78, 5) is 13.1. The van der Waals surface area contributed by atoms with Crippen molar-refractivity contribution in [2.75, 3.05) is 0 Å². The lowest BCUT2D eigenvalue weighted by atomic mass is 10.0. The zero-order chi connectivity index (χ0) is 15.5. The first-order valence-corrected chi connectivity index (χ1v) is 7.61. The average Bonchev–Trinajstić information content (AvgIpc) is 2.55. The van der Waals surface area contributed by atoms with Gasteiger partial charge in [0.05, 0.1) is 5.39 Å². The molecule has 1 heterocycles. The molecule has 0 aliphatic rings. The molecule has 2 nitrogen and oxygen atoms in total. The minimum Gasteiger partial charge on any atom is -0.281 e. The SMILES string of the molecule is C=Cc1cccc2cc(CCC)n(-c3ccccc3)c(=O)c12. The van der Waals surface area contributed by atoms with Crippen LogP contribution in [-0.4, -0.2) is 4.57 Å². The summed E-state index contributed by atoms with van der Waals surface area (Å²) < 4.78 is 1.83. The summed E-state index contributed by atoms with van der Waals surface area (Å²) in [6.07, 6.45) is 3.62. The molecule has 0 fully saturated rings. The van der Waals surface area contributed by atoms with Crippen molar-refractivity contribution >= 4 is 16.8 Å². The number of fused-ring (bicyclic) bond motifs is 1. The molecule has 2 aromatic carbocycles. The Bertz CT molecular complexity index is 875. The second kappa shape index (κ2) is 6.02. The summed E-state index contributed by atoms with van der Waals surface area (Å²) in [5.74, 6) is 0. The van der Waals surface area contributed by atoms with E-state index in [0.29, 0.717) is 0 Å². The molecule has 0 N–H and O–H groups in total. The summed E-state index contributed by atoms with van der Waals surface area (Å²) in [5.41, 5.74) is 2.88. The molecule has 0 radical (unpaired) electrons. The topological polar surface area (TPSA) is 22.0 Å². The lowest BCUT2D eigenvalue weighted by molar-refractivity contribution is 0.817. The van der Waals surface area contributed by atoms with Crippen LogP contribution in [0.3, 0.4) is 0 Å². The number of aromatic nitrogens is 1. The van der Waals surface area contributed by atoms with E-state index in [4.69, 9.17) is 0 Å². The van der Waals surface area contributed by atoms with Gasteiger partial charge in [-0.1, -0.05) is 62.4 Å². The van der Waals surface area contributed by atoms with Crippen LogP contribution in [-0.2, 0) is 6.42 Å². The maximum Gasteiger partial charge on any atom is 0.263 e. The summed E-state index contributed by atoms with van der Waals surface area (Å²) in [6.45, 7) is 5.96. The molecule has 0 atom stereocenters. The number of rotatable bonds is 4. The van der Waals surface area contributed by atoms with Crippen LogP contribution in [0.5, 0.6) is 0 Å². The van der Waals surface area contributed by atoms with E-state index in [0.717, 1.165) is 40.6 Å². The summed E-state index contributed by atoms with van der Waals surface area (Å²) in [5, 5.41) is 1.72. The number of para-hydroxylation sites is 1. The van der Waals surface area contributed by atoms with E-state index in [1.807, 2.05) is 53.1 Å². The fourth-order valence-electron chi connectivity index (χ4n) is 2.91. The number of pyridine rings is 1. The van der Waals surface area contributed by atoms with Gasteiger partial charge >= 0.3 is 0 Å². The first-order chi connectivity index (χ1) is 10.8. The van der Waals surface area contributed by atoms with Crippen LogP contribution in [0.4, 0.5) is 0 Å². The smallest absolute Gasteiger partial charge is 0.263 e. The minimum atomic E-state index is 0.0302. The van der Waals surface area contributed by atoms with Gasteiger partial charge in [0.1, 0.15) is 0 Å². The zero-order valence-corrected chi connectivity index (χ0v) is 12.8. The Morgan fingerprint density at radius 2 is 1.86 bits per heavy atom. The molecule has 1 aromatic heterocycles. The molecule has 0 bridgehead atoms. The van der Waals surface area contributed by atoms with Gasteiger partial charge in [-0.2, -0.15) is 0 Å². The van der Waals surface area contributed by atoms with Crippen molar-refractivity contribution in [2.24, 2.45) is 0 Å². The quantitative estimate of drug-likeness (QED) is 0.688. The summed E-state index contributed by atoms with van der Waals surface area (Å²) >= 11 is 0. The van der Waals surface area contributed by atoms with Crippen molar-refractivity contribution in [3.63, 3.8) is 0 Å². The van der Waals surface area contributed by atoms with Crippen LogP contribution in [0.15, 0.2) is 66.0 Å². The van der Waals surface area contributed by atoms with Crippen molar-refractivity contribution in [1.82, 2.24) is 4.57 Å². The van der Waals surface area contributed by atoms with Gasteiger partial charge in [0, 0.05) is 11.4 Å². The van der Waals surface area contributed by atoms with Gasteiger partial charge in [0.2, 0.25) is 0 Å². The molecule has 22 heavy (non-hydrogen) atoms. The third-order valence-electron chi connectivity index (χ3n) is 3.90. The van der Waals surface area contributed by atoms with E-state index in [1.165, 1.54) is 0 Å². The molecule has 0 saturated carbocycles. The molecule has 3 aromatic rings. The average molecular weight is 289 g/mol. The van der Waals surface area contributed by atoms with E-state index in [9.17, 15) is 4.79 Å². The highest BCUT2D eigenvalue weighted by Gasteiger charge is 2.12. The highest BCUT2D eigenvalue weighted by Crippen LogP contribution is 2.20. The highest BCUT2D eigenvalue weighted by atomic mass is 16.1. The van der Waals surface area contributed by atoms with Crippen LogP contribution in [0.2, 0.25) is 0 Å². The van der Waals surface area contributed by atoms with Gasteiger partial charge in [-0.15, -0.1) is 0 Å². The van der Waals surface area contributed by atoms with Crippen LogP contribution in [0.25, 0.3) is 22.5 Å². The zero-order valence-electron chi connectivity index (χ0n) is 12.8. The molecule has 0 spiro atoms. The van der Waals surface area contributed by atoms with Gasteiger partial charge in [-0.25, -0.2) is 0 Å². The first kappa shape index (κ1) is 14.3. The second-order valence-corrected chi connectivity index (χ2v) is 5.38. The number of aryl methyl sites for hydroxylation is 1. The van der Waals surface area contributed by atoms with Gasteiger partial charge in [0.15, 0.2) is 0 Å². The Morgan fingerprint density at radius 1 is 1.09 bits per heavy atom. The number of benzene rings is 2. The summed E-state index contributed by atoms with van der Waals surface area (Å²) in [6, 6.07) is 17.9. The van der Waals surface area contributed by atoms with Crippen molar-refractivity contribution in [2.45, 2.75) is 19.8 Å². The third-order valence-corrected chi connectivity index (χ3v) is 3.90. The first-order valence-electron chi connectivity index (χ1n) is 7.61. The lowest BCUT2D eigenvalue weighted by Gasteiger charge is -2.15. The predicted octanol–water partition coefficient (Wildman–Crippen LogP) is 4.59. The predicted molar refractivity (Wildman–Crippen MR) is 93.6 cm³/mol. The molecule has 3 rings (SSSR count). The second-order valence-electron chi connectivity index (χ2n) is 5.38. The van der Waals surface area contributed by atoms with Crippen molar-refractivity contribution in [3.05, 3.63) is 82.8 Å². The van der Waals surface area contributed by atoms with Gasteiger partial charge in [-0.05, 0) is 35.6 Å². The Morgan fingerprint density at radius 3 is 2.55 bits per heavy atom. The molecule has 0 aliphatic carbocycles. The van der Waals surface area contributed by atoms with Crippen LogP contribution >= 0.6 is 0 Å². The lowest BCUT2D eigenvalue weighted by Crippen LogP contribution is -2.22. The monoisotopic (exact) mass is 289 g/mol. The normalized spacial score (nSPS) is 10.8. The van der Waals surface area contributed by atoms with Crippen LogP contribution < -0.4 is 5.56 Å². The molecular formula is C20H19NO. The standard InChI is InChI=1S/C20H19NO/c1-3-9-18-14-16-11-8-10-15(4-2)19(16)20(22)21(18)17-12-6-5-7-13-17/h4-8,10-14H,2-3,9H2,1H3. The van der Waals surface area contributed by atoms with Gasteiger partial charge < -0.3 is 0 Å². The van der Waals surface area contributed by atoms with Gasteiger partial charge in [0.25, 0.3) is 5.56 Å². The van der Waals surface area contributed by atoms with E-state index in [1.54, 1.807) is 6.08 Å². The molecule has 0 amide bonds. The van der Waals surface area contributed by atoms with E-state index in [2.05, 4.69) is 19.6 Å². The molecule has 0 aliphatic heterocycles. The van der Waals surface area contributed by atoms with Crippen molar-refractivity contribution < 1.29 is 0 Å². The molecule has 0 unspecified atom stereocenters. The van der Waals surface area contributed by atoms with E-state index in [-0.39, 0.29) is 5.56 Å². The maximum absolute atomic E-state index is 13.1. The Kier molecular flexibility index (Phi) is 3.92. The van der Waals surface area contributed by atoms with E-state index < -0.39 is 0 Å². The van der Waals surface area contributed by atoms with Gasteiger partial charge in [-0.3, -0.25) is 9.36 Å².